The first-order valence-corrected chi connectivity index (χ1v) is 5.17. The maximum Gasteiger partial charge on any atom is 0.308 e. The van der Waals surface area contributed by atoms with E-state index in [2.05, 4.69) is 5.10 Å². The van der Waals surface area contributed by atoms with Crippen molar-refractivity contribution in [3.05, 3.63) is 51.9 Å². The van der Waals surface area contributed by atoms with Crippen molar-refractivity contribution in [2.45, 2.75) is 13.3 Å². The molecule has 0 spiro atoms. The van der Waals surface area contributed by atoms with Crippen molar-refractivity contribution in [3.8, 4) is 5.69 Å². The molecule has 88 valence electrons. The highest BCUT2D eigenvalue weighted by Gasteiger charge is 2.14. The predicted octanol–water partition coefficient (Wildman–Crippen LogP) is 1.10. The molecule has 17 heavy (non-hydrogen) atoms. The molecular formula is C12H12N2O3. The average molecular weight is 232 g/mol. The fourth-order valence-corrected chi connectivity index (χ4v) is 1.75. The number of hydrogen-bond donors (Lipinski definition) is 2. The van der Waals surface area contributed by atoms with Crippen LogP contribution in [-0.2, 0) is 11.2 Å². The lowest BCUT2D eigenvalue weighted by Crippen LogP contribution is -2.11. The lowest BCUT2D eigenvalue weighted by Gasteiger charge is -2.04. The van der Waals surface area contributed by atoms with E-state index in [1.54, 1.807) is 11.6 Å². The van der Waals surface area contributed by atoms with E-state index in [4.69, 9.17) is 5.11 Å². The Labute approximate surface area is 97.3 Å². The molecule has 1 heterocycles. The molecule has 2 N–H and O–H groups in total. The molecule has 0 fully saturated rings. The van der Waals surface area contributed by atoms with Gasteiger partial charge in [0.15, 0.2) is 0 Å². The molecule has 0 bridgehead atoms. The van der Waals surface area contributed by atoms with Gasteiger partial charge in [0.1, 0.15) is 0 Å². The first-order chi connectivity index (χ1) is 8.09. The normalized spacial score (nSPS) is 10.4. The van der Waals surface area contributed by atoms with Crippen LogP contribution in [0.1, 0.15) is 11.3 Å². The van der Waals surface area contributed by atoms with Gasteiger partial charge in [0, 0.05) is 5.69 Å². The fraction of sp³-hybridized carbons (Fsp3) is 0.167. The zero-order valence-corrected chi connectivity index (χ0v) is 9.30. The third-order valence-corrected chi connectivity index (χ3v) is 2.60. The van der Waals surface area contributed by atoms with E-state index in [-0.39, 0.29) is 12.0 Å². The topological polar surface area (TPSA) is 75.1 Å². The van der Waals surface area contributed by atoms with Gasteiger partial charge in [-0.25, -0.2) is 0 Å². The number of aliphatic carboxylic acids is 1. The summed E-state index contributed by atoms with van der Waals surface area (Å²) in [5, 5.41) is 11.4. The monoisotopic (exact) mass is 232 g/mol. The van der Waals surface area contributed by atoms with E-state index in [9.17, 15) is 9.59 Å². The predicted molar refractivity (Wildman–Crippen MR) is 62.5 cm³/mol. The first kappa shape index (κ1) is 11.2. The van der Waals surface area contributed by atoms with Gasteiger partial charge in [-0.15, -0.1) is 0 Å². The van der Waals surface area contributed by atoms with Crippen LogP contribution in [-0.4, -0.2) is 20.9 Å². The van der Waals surface area contributed by atoms with Crippen LogP contribution in [0.15, 0.2) is 35.1 Å². The Morgan fingerprint density at radius 1 is 1.35 bits per heavy atom. The Hall–Kier alpha value is -2.30. The van der Waals surface area contributed by atoms with Crippen molar-refractivity contribution in [2.75, 3.05) is 0 Å². The highest BCUT2D eigenvalue weighted by molar-refractivity contribution is 5.70. The summed E-state index contributed by atoms with van der Waals surface area (Å²) in [5.74, 6) is -1.01. The number of H-pyrrole nitrogens is 1. The SMILES string of the molecule is Cc1c(CC(=O)O)c(=O)[nH]n1-c1ccccc1. The maximum absolute atomic E-state index is 11.6. The van der Waals surface area contributed by atoms with Crippen LogP contribution in [0.25, 0.3) is 5.69 Å². The molecule has 0 aliphatic rings. The standard InChI is InChI=1S/C12H12N2O3/c1-8-10(7-11(15)16)12(17)13-14(8)9-5-3-2-4-6-9/h2-6H,7H2,1H3,(H,13,17)(H,15,16). The summed E-state index contributed by atoms with van der Waals surface area (Å²) >= 11 is 0. The molecule has 0 aliphatic heterocycles. The average Bonchev–Trinajstić information content (AvgIpc) is 2.58. The minimum Gasteiger partial charge on any atom is -0.481 e. The van der Waals surface area contributed by atoms with Gasteiger partial charge >= 0.3 is 5.97 Å². The van der Waals surface area contributed by atoms with Crippen LogP contribution in [0.2, 0.25) is 0 Å². The summed E-state index contributed by atoms with van der Waals surface area (Å²) in [7, 11) is 0. The van der Waals surface area contributed by atoms with E-state index < -0.39 is 5.97 Å². The quantitative estimate of drug-likeness (QED) is 0.832. The molecule has 1 aromatic carbocycles. The number of aromatic nitrogens is 2. The summed E-state index contributed by atoms with van der Waals surface area (Å²) in [4.78, 5) is 22.3. The lowest BCUT2D eigenvalue weighted by molar-refractivity contribution is -0.136. The molecule has 2 rings (SSSR count). The van der Waals surface area contributed by atoms with Crippen LogP contribution in [0.4, 0.5) is 0 Å². The van der Waals surface area contributed by atoms with Gasteiger partial charge in [-0.1, -0.05) is 18.2 Å². The molecule has 0 saturated heterocycles. The summed E-state index contributed by atoms with van der Waals surface area (Å²) in [6, 6.07) is 9.26. The summed E-state index contributed by atoms with van der Waals surface area (Å²) in [6.07, 6.45) is -0.263. The van der Waals surface area contributed by atoms with Crippen molar-refractivity contribution in [3.63, 3.8) is 0 Å². The third-order valence-electron chi connectivity index (χ3n) is 2.60. The van der Waals surface area contributed by atoms with Crippen LogP contribution < -0.4 is 5.56 Å². The van der Waals surface area contributed by atoms with Crippen molar-refractivity contribution in [1.29, 1.82) is 0 Å². The molecule has 0 aliphatic carbocycles. The third kappa shape index (κ3) is 2.13. The molecular weight excluding hydrogens is 220 g/mol. The maximum atomic E-state index is 11.6. The van der Waals surface area contributed by atoms with Crippen molar-refractivity contribution in [1.82, 2.24) is 9.78 Å². The second-order valence-corrected chi connectivity index (χ2v) is 3.75. The zero-order valence-electron chi connectivity index (χ0n) is 9.30. The Balaban J connectivity index is 2.52. The van der Waals surface area contributed by atoms with Crippen LogP contribution in [0, 0.1) is 6.92 Å². The van der Waals surface area contributed by atoms with E-state index in [0.29, 0.717) is 11.3 Å². The molecule has 5 nitrogen and oxygen atoms in total. The highest BCUT2D eigenvalue weighted by Crippen LogP contribution is 2.11. The van der Waals surface area contributed by atoms with Gasteiger partial charge in [0.25, 0.3) is 5.56 Å². The number of rotatable bonds is 3. The van der Waals surface area contributed by atoms with Crippen molar-refractivity contribution < 1.29 is 9.90 Å². The van der Waals surface area contributed by atoms with E-state index >= 15 is 0 Å². The summed E-state index contributed by atoms with van der Waals surface area (Å²) < 4.78 is 1.60. The highest BCUT2D eigenvalue weighted by atomic mass is 16.4. The second kappa shape index (κ2) is 4.29. The van der Waals surface area contributed by atoms with Gasteiger partial charge in [-0.05, 0) is 19.1 Å². The number of carbonyl (C=O) groups is 1. The van der Waals surface area contributed by atoms with E-state index in [0.717, 1.165) is 5.69 Å². The molecule has 0 saturated carbocycles. The number of benzene rings is 1. The van der Waals surface area contributed by atoms with Crippen molar-refractivity contribution in [2.24, 2.45) is 0 Å². The molecule has 5 heteroatoms. The van der Waals surface area contributed by atoms with Crippen LogP contribution in [0.5, 0.6) is 0 Å². The largest absolute Gasteiger partial charge is 0.481 e. The first-order valence-electron chi connectivity index (χ1n) is 5.17. The van der Waals surface area contributed by atoms with Gasteiger partial charge in [-0.3, -0.25) is 19.4 Å². The number of para-hydroxylation sites is 1. The number of nitrogens with one attached hydrogen (secondary N) is 1. The van der Waals surface area contributed by atoms with Gasteiger partial charge < -0.3 is 5.11 Å². The number of carboxylic acids is 1. The zero-order chi connectivity index (χ0) is 12.4. The Kier molecular flexibility index (Phi) is 2.82. The van der Waals surface area contributed by atoms with Gasteiger partial charge in [0.05, 0.1) is 17.7 Å². The van der Waals surface area contributed by atoms with E-state index in [1.165, 1.54) is 0 Å². The Morgan fingerprint density at radius 2 is 2.00 bits per heavy atom. The molecule has 2 aromatic rings. The van der Waals surface area contributed by atoms with Crippen molar-refractivity contribution >= 4 is 5.97 Å². The molecule has 0 radical (unpaired) electrons. The summed E-state index contributed by atoms with van der Waals surface area (Å²) in [5.41, 5.74) is 1.37. The van der Waals surface area contributed by atoms with Gasteiger partial charge in [0.2, 0.25) is 0 Å². The number of carboxylic acid groups (broad SMARTS) is 1. The minimum absolute atomic E-state index is 0.263. The molecule has 0 unspecified atom stereocenters. The number of hydrogen-bond acceptors (Lipinski definition) is 2. The Bertz CT molecular complexity index is 596. The molecule has 0 amide bonds. The Morgan fingerprint density at radius 3 is 2.59 bits per heavy atom. The van der Waals surface area contributed by atoms with E-state index in [1.807, 2.05) is 30.3 Å². The number of nitrogens with zero attached hydrogens (tertiary/aromatic N) is 1. The smallest absolute Gasteiger partial charge is 0.308 e. The van der Waals surface area contributed by atoms with Gasteiger partial charge in [-0.2, -0.15) is 0 Å². The fourth-order valence-electron chi connectivity index (χ4n) is 1.75. The number of aromatic amines is 1. The lowest BCUT2D eigenvalue weighted by atomic mass is 10.2. The summed E-state index contributed by atoms with van der Waals surface area (Å²) in [6.45, 7) is 1.73. The molecule has 1 aromatic heterocycles. The molecule has 0 atom stereocenters. The van der Waals surface area contributed by atoms with Crippen LogP contribution in [0.3, 0.4) is 0 Å². The minimum atomic E-state index is -1.01. The van der Waals surface area contributed by atoms with Crippen LogP contribution >= 0.6 is 0 Å². The second-order valence-electron chi connectivity index (χ2n) is 3.75.